The van der Waals surface area contributed by atoms with Crippen molar-refractivity contribution in [3.8, 4) is 0 Å². The normalized spacial score (nSPS) is 11.8. The molecule has 3 heterocycles. The van der Waals surface area contributed by atoms with Crippen LogP contribution in [0.4, 0.5) is 23.0 Å². The maximum absolute atomic E-state index is 13.2. The van der Waals surface area contributed by atoms with Gasteiger partial charge in [0.25, 0.3) is 5.91 Å². The van der Waals surface area contributed by atoms with Crippen LogP contribution in [0.2, 0.25) is 0 Å². The van der Waals surface area contributed by atoms with Crippen LogP contribution in [0.5, 0.6) is 0 Å². The highest BCUT2D eigenvalue weighted by Gasteiger charge is 2.23. The molecule has 4 aromatic carbocycles. The van der Waals surface area contributed by atoms with Gasteiger partial charge in [-0.2, -0.15) is 9.61 Å². The van der Waals surface area contributed by atoms with Crippen LogP contribution in [0.25, 0.3) is 27.5 Å². The van der Waals surface area contributed by atoms with E-state index in [9.17, 15) is 4.79 Å². The van der Waals surface area contributed by atoms with E-state index in [1.807, 2.05) is 97.6 Å². The molecule has 1 amide bonds. The molecule has 0 aliphatic carbocycles. The minimum atomic E-state index is -0.485. The topological polar surface area (TPSA) is 102 Å². The predicted octanol–water partition coefficient (Wildman–Crippen LogP) is 7.54. The molecule has 3 aromatic heterocycles. The highest BCUT2D eigenvalue weighted by atomic mass is 16.3. The lowest BCUT2D eigenvalue weighted by atomic mass is 9.95. The largest absolute Gasteiger partial charge is 0.454 e. The van der Waals surface area contributed by atoms with Crippen molar-refractivity contribution in [1.82, 2.24) is 14.6 Å². The van der Waals surface area contributed by atoms with E-state index >= 15 is 0 Å². The molecule has 0 bridgehead atoms. The van der Waals surface area contributed by atoms with Crippen molar-refractivity contribution in [2.24, 2.45) is 5.73 Å². The number of nitrogens with one attached hydrogen (secondary N) is 1. The zero-order chi connectivity index (χ0) is 28.8. The third-order valence-electron chi connectivity index (χ3n) is 7.37. The first-order valence-electron chi connectivity index (χ1n) is 13.7. The van der Waals surface area contributed by atoms with Crippen LogP contribution in [0.3, 0.4) is 0 Å². The Morgan fingerprint density at radius 2 is 1.64 bits per heavy atom. The molecule has 0 radical (unpaired) electrons. The number of hydrogen-bond donors (Lipinski definition) is 2. The molecule has 8 nitrogen and oxygen atoms in total. The highest BCUT2D eigenvalue weighted by Crippen LogP contribution is 2.41. The number of para-hydroxylation sites is 2. The number of anilines is 4. The smallest absolute Gasteiger partial charge is 0.255 e. The number of hydrogen-bond acceptors (Lipinski definition) is 6. The van der Waals surface area contributed by atoms with Crippen molar-refractivity contribution in [3.63, 3.8) is 0 Å². The maximum atomic E-state index is 13.2. The monoisotopic (exact) mass is 552 g/mol. The number of carbonyl (C=O) groups is 1. The average molecular weight is 553 g/mol. The second-order valence-electron chi connectivity index (χ2n) is 10.8. The van der Waals surface area contributed by atoms with Gasteiger partial charge in [-0.3, -0.25) is 9.69 Å². The summed E-state index contributed by atoms with van der Waals surface area (Å²) in [6, 6.07) is 32.9. The number of aromatic nitrogens is 3. The van der Waals surface area contributed by atoms with E-state index in [-0.39, 0.29) is 5.91 Å². The Morgan fingerprint density at radius 1 is 0.881 bits per heavy atom. The highest BCUT2D eigenvalue weighted by molar-refractivity contribution is 6.10. The first-order valence-corrected chi connectivity index (χ1v) is 13.7. The second-order valence-corrected chi connectivity index (χ2v) is 10.8. The molecule has 206 valence electrons. The van der Waals surface area contributed by atoms with Crippen LogP contribution < -0.4 is 16.0 Å². The summed E-state index contributed by atoms with van der Waals surface area (Å²) in [5, 5.41) is 9.62. The molecule has 7 aromatic rings. The van der Waals surface area contributed by atoms with Gasteiger partial charge in [-0.25, -0.2) is 4.98 Å². The molecule has 3 N–H and O–H groups in total. The summed E-state index contributed by atoms with van der Waals surface area (Å²) in [6.45, 7) is 3.87. The van der Waals surface area contributed by atoms with E-state index in [0.717, 1.165) is 44.4 Å². The van der Waals surface area contributed by atoms with Crippen molar-refractivity contribution in [2.45, 2.75) is 19.4 Å². The molecular formula is C34H28N6O2. The summed E-state index contributed by atoms with van der Waals surface area (Å²) in [4.78, 5) is 20.0. The van der Waals surface area contributed by atoms with E-state index < -0.39 is 5.54 Å². The van der Waals surface area contributed by atoms with Crippen molar-refractivity contribution in [2.75, 3.05) is 10.2 Å². The van der Waals surface area contributed by atoms with Gasteiger partial charge in [0.15, 0.2) is 5.58 Å². The van der Waals surface area contributed by atoms with Crippen molar-refractivity contribution in [1.29, 1.82) is 0 Å². The number of rotatable bonds is 6. The molecule has 0 aliphatic rings. The van der Waals surface area contributed by atoms with Gasteiger partial charge in [0.2, 0.25) is 5.95 Å². The van der Waals surface area contributed by atoms with Crippen molar-refractivity contribution < 1.29 is 9.21 Å². The molecule has 0 atom stereocenters. The van der Waals surface area contributed by atoms with Gasteiger partial charge in [-0.1, -0.05) is 48.5 Å². The summed E-state index contributed by atoms with van der Waals surface area (Å²) < 4.78 is 8.19. The number of amides is 1. The van der Waals surface area contributed by atoms with Crippen LogP contribution in [0.1, 0.15) is 29.8 Å². The molecule has 0 aliphatic heterocycles. The van der Waals surface area contributed by atoms with Gasteiger partial charge in [-0.15, -0.1) is 0 Å². The lowest BCUT2D eigenvalue weighted by molar-refractivity contribution is 0.102. The molecule has 0 saturated heterocycles. The SMILES string of the molecule is CC(C)(N)c1ccc(C(=O)Nc2cccc(N(c3cccc4c3oc3ccccc34)c3nccc4ccnn34)c2)cc1. The van der Waals surface area contributed by atoms with Crippen molar-refractivity contribution in [3.05, 3.63) is 127 Å². The third-order valence-corrected chi connectivity index (χ3v) is 7.37. The molecule has 7 rings (SSSR count). The Bertz CT molecular complexity index is 2090. The fourth-order valence-corrected chi connectivity index (χ4v) is 5.24. The van der Waals surface area contributed by atoms with E-state index in [1.54, 1.807) is 29.0 Å². The summed E-state index contributed by atoms with van der Waals surface area (Å²) in [7, 11) is 0. The summed E-state index contributed by atoms with van der Waals surface area (Å²) in [5.41, 5.74) is 11.8. The number of furan rings is 1. The Balaban J connectivity index is 1.34. The minimum Gasteiger partial charge on any atom is -0.454 e. The lowest BCUT2D eigenvalue weighted by Crippen LogP contribution is -2.28. The van der Waals surface area contributed by atoms with Crippen LogP contribution in [0.15, 0.2) is 120 Å². The molecule has 42 heavy (non-hydrogen) atoms. The van der Waals surface area contributed by atoms with Crippen LogP contribution in [-0.2, 0) is 5.54 Å². The average Bonchev–Trinajstić information content (AvgIpc) is 3.63. The van der Waals surface area contributed by atoms with Gasteiger partial charge >= 0.3 is 0 Å². The summed E-state index contributed by atoms with van der Waals surface area (Å²) in [6.07, 6.45) is 3.50. The predicted molar refractivity (Wildman–Crippen MR) is 167 cm³/mol. The van der Waals surface area contributed by atoms with Crippen LogP contribution >= 0.6 is 0 Å². The first-order chi connectivity index (χ1) is 20.4. The Morgan fingerprint density at radius 3 is 2.48 bits per heavy atom. The Kier molecular flexibility index (Phi) is 5.99. The minimum absolute atomic E-state index is 0.216. The molecule has 0 saturated carbocycles. The van der Waals surface area contributed by atoms with E-state index in [1.165, 1.54) is 0 Å². The summed E-state index contributed by atoms with van der Waals surface area (Å²) >= 11 is 0. The van der Waals surface area contributed by atoms with E-state index in [0.29, 0.717) is 17.2 Å². The fraction of sp³-hybridized carbons (Fsp3) is 0.0882. The van der Waals surface area contributed by atoms with Gasteiger partial charge < -0.3 is 15.5 Å². The Hall–Kier alpha value is -5.47. The van der Waals surface area contributed by atoms with Crippen LogP contribution in [0, 0.1) is 0 Å². The molecule has 8 heteroatoms. The Labute approximate surface area is 242 Å². The van der Waals surface area contributed by atoms with Gasteiger partial charge in [-0.05, 0) is 74.0 Å². The second kappa shape index (κ2) is 9.87. The molecular weight excluding hydrogens is 524 g/mol. The molecule has 0 spiro atoms. The molecule has 0 unspecified atom stereocenters. The van der Waals surface area contributed by atoms with Gasteiger partial charge in [0.1, 0.15) is 5.58 Å². The van der Waals surface area contributed by atoms with E-state index in [2.05, 4.69) is 22.5 Å². The third kappa shape index (κ3) is 4.44. The van der Waals surface area contributed by atoms with Crippen molar-refractivity contribution >= 4 is 56.4 Å². The number of nitrogens with two attached hydrogens (primary N) is 1. The maximum Gasteiger partial charge on any atom is 0.255 e. The number of carbonyl (C=O) groups excluding carboxylic acids is 1. The fourth-order valence-electron chi connectivity index (χ4n) is 5.24. The number of benzene rings is 4. The lowest BCUT2D eigenvalue weighted by Gasteiger charge is -2.25. The summed E-state index contributed by atoms with van der Waals surface area (Å²) in [5.74, 6) is 0.362. The van der Waals surface area contributed by atoms with Crippen LogP contribution in [-0.4, -0.2) is 20.5 Å². The number of nitrogens with zero attached hydrogens (tertiary/aromatic N) is 4. The first kappa shape index (κ1) is 25.5. The zero-order valence-electron chi connectivity index (χ0n) is 23.2. The zero-order valence-corrected chi connectivity index (χ0v) is 23.2. The standard InChI is InChI=1S/C34H28N6O2/c1-34(2,35)23-15-13-22(14-16-23)32(41)38-24-7-5-8-26(21-24)39(33-36-19-17-25-18-20-37-40(25)33)29-11-6-10-28-27-9-3-4-12-30(27)42-31(28)29/h3-21H,35H2,1-2H3,(H,38,41). The van der Waals surface area contributed by atoms with E-state index in [4.69, 9.17) is 15.1 Å². The van der Waals surface area contributed by atoms with Gasteiger partial charge in [0, 0.05) is 33.8 Å². The quantitative estimate of drug-likeness (QED) is 0.221. The van der Waals surface area contributed by atoms with Gasteiger partial charge in [0.05, 0.1) is 23.1 Å². The molecule has 0 fully saturated rings. The number of fused-ring (bicyclic) bond motifs is 4.